The van der Waals surface area contributed by atoms with Crippen molar-refractivity contribution in [1.29, 1.82) is 0 Å². The van der Waals surface area contributed by atoms with Crippen molar-refractivity contribution in [2.75, 3.05) is 5.32 Å². The molecule has 2 aromatic carbocycles. The largest absolute Gasteiger partial charge is 0.416 e. The molecule has 10 heteroatoms. The van der Waals surface area contributed by atoms with Crippen molar-refractivity contribution in [3.63, 3.8) is 0 Å². The van der Waals surface area contributed by atoms with Crippen molar-refractivity contribution in [2.24, 2.45) is 0 Å². The van der Waals surface area contributed by atoms with Gasteiger partial charge >= 0.3 is 12.4 Å². The van der Waals surface area contributed by atoms with Crippen LogP contribution in [0.5, 0.6) is 0 Å². The maximum absolute atomic E-state index is 12.9. The molecular weight excluding hydrogens is 414 g/mol. The molecule has 0 radical (unpaired) electrons. The van der Waals surface area contributed by atoms with E-state index in [1.54, 1.807) is 0 Å². The minimum Gasteiger partial charge on any atom is -0.353 e. The molecule has 3 rings (SSSR count). The van der Waals surface area contributed by atoms with E-state index in [0.29, 0.717) is 17.7 Å². The van der Waals surface area contributed by atoms with E-state index in [0.717, 1.165) is 12.8 Å². The molecule has 0 saturated heterocycles. The smallest absolute Gasteiger partial charge is 0.353 e. The van der Waals surface area contributed by atoms with Gasteiger partial charge in [0.25, 0.3) is 5.91 Å². The summed E-state index contributed by atoms with van der Waals surface area (Å²) in [5.41, 5.74) is -3.11. The van der Waals surface area contributed by atoms with Gasteiger partial charge in [0.05, 0.1) is 17.5 Å². The molecule has 2 N–H and O–H groups in total. The lowest BCUT2D eigenvalue weighted by molar-refractivity contribution is -0.143. The molecule has 1 aliphatic carbocycles. The zero-order valence-corrected chi connectivity index (χ0v) is 15.3. The van der Waals surface area contributed by atoms with E-state index < -0.39 is 35.0 Å². The molecule has 1 fully saturated rings. The lowest BCUT2D eigenvalue weighted by atomic mass is 10.0. The molecular formula is C20H16F6N2O2. The fraction of sp³-hybridized carbons (Fsp3) is 0.300. The van der Waals surface area contributed by atoms with E-state index in [2.05, 4.69) is 10.6 Å². The average Bonchev–Trinajstić information content (AvgIpc) is 3.45. The minimum atomic E-state index is -5.04. The molecule has 4 nitrogen and oxygen atoms in total. The molecule has 0 spiro atoms. The third-order valence-corrected chi connectivity index (χ3v) is 4.37. The van der Waals surface area contributed by atoms with E-state index in [9.17, 15) is 35.9 Å². The van der Waals surface area contributed by atoms with Crippen LogP contribution in [0.4, 0.5) is 32.0 Å². The summed E-state index contributed by atoms with van der Waals surface area (Å²) in [5, 5.41) is 5.08. The summed E-state index contributed by atoms with van der Waals surface area (Å²) in [6.07, 6.45) is -8.07. The first-order valence-corrected chi connectivity index (χ1v) is 8.91. The molecule has 0 bridgehead atoms. The van der Waals surface area contributed by atoms with Gasteiger partial charge in [0, 0.05) is 17.3 Å². The number of hydrogen-bond donors (Lipinski definition) is 2. The molecule has 1 aliphatic rings. The minimum absolute atomic E-state index is 0.0434. The van der Waals surface area contributed by atoms with Gasteiger partial charge in [-0.15, -0.1) is 0 Å². The van der Waals surface area contributed by atoms with Crippen molar-refractivity contribution >= 4 is 17.5 Å². The molecule has 0 aromatic heterocycles. The summed E-state index contributed by atoms with van der Waals surface area (Å²) < 4.78 is 77.6. The van der Waals surface area contributed by atoms with Gasteiger partial charge in [-0.05, 0) is 48.7 Å². The van der Waals surface area contributed by atoms with E-state index >= 15 is 0 Å². The Morgan fingerprint density at radius 3 is 1.87 bits per heavy atom. The zero-order chi connectivity index (χ0) is 22.1. The van der Waals surface area contributed by atoms with Crippen LogP contribution in [0.1, 0.15) is 39.9 Å². The highest BCUT2D eigenvalue weighted by Crippen LogP contribution is 2.36. The molecule has 0 aliphatic heterocycles. The number of carbonyl (C=O) groups excluding carboxylic acids is 2. The van der Waals surface area contributed by atoms with E-state index in [1.807, 2.05) is 0 Å². The van der Waals surface area contributed by atoms with Crippen LogP contribution in [0.15, 0.2) is 42.5 Å². The summed E-state index contributed by atoms with van der Waals surface area (Å²) in [7, 11) is 0. The van der Waals surface area contributed by atoms with Gasteiger partial charge in [0.2, 0.25) is 5.91 Å². The number of anilines is 1. The second-order valence-electron chi connectivity index (χ2n) is 6.96. The van der Waals surface area contributed by atoms with Crippen molar-refractivity contribution in [3.05, 3.63) is 64.7 Å². The van der Waals surface area contributed by atoms with E-state index in [1.165, 1.54) is 24.3 Å². The SMILES string of the molecule is O=C(Cc1ccc(NC(=O)c2cc(C(F)(F)F)cc(C(F)(F)F)c2)cc1)NC1CC1. The fourth-order valence-corrected chi connectivity index (χ4v) is 2.69. The summed E-state index contributed by atoms with van der Waals surface area (Å²) in [4.78, 5) is 24.0. The average molecular weight is 430 g/mol. The van der Waals surface area contributed by atoms with Gasteiger partial charge in [0.1, 0.15) is 0 Å². The number of nitrogens with one attached hydrogen (secondary N) is 2. The molecule has 0 atom stereocenters. The summed E-state index contributed by atoms with van der Waals surface area (Å²) in [6.45, 7) is 0. The van der Waals surface area contributed by atoms with Crippen LogP contribution >= 0.6 is 0 Å². The standard InChI is InChI=1S/C20H16F6N2O2/c21-19(22,23)13-8-12(9-14(10-13)20(24,25)26)18(30)28-16-3-1-11(2-4-16)7-17(29)27-15-5-6-15/h1-4,8-10,15H,5-7H2,(H,27,29)(H,28,30). The molecule has 0 heterocycles. The Labute approximate surface area is 167 Å². The van der Waals surface area contributed by atoms with Gasteiger partial charge in [-0.25, -0.2) is 0 Å². The number of benzene rings is 2. The summed E-state index contributed by atoms with van der Waals surface area (Å²) in [6, 6.07) is 6.79. The van der Waals surface area contributed by atoms with Gasteiger partial charge in [-0.3, -0.25) is 9.59 Å². The number of carbonyl (C=O) groups is 2. The second-order valence-corrected chi connectivity index (χ2v) is 6.96. The lowest BCUT2D eigenvalue weighted by Gasteiger charge is -2.14. The van der Waals surface area contributed by atoms with Crippen LogP contribution in [0.3, 0.4) is 0 Å². The normalized spacial score (nSPS) is 14.3. The number of rotatable bonds is 5. The zero-order valence-electron chi connectivity index (χ0n) is 15.3. The Kier molecular flexibility index (Phi) is 5.78. The van der Waals surface area contributed by atoms with Crippen LogP contribution in [0.25, 0.3) is 0 Å². The number of alkyl halides is 6. The quantitative estimate of drug-likeness (QED) is 0.670. The van der Waals surface area contributed by atoms with Gasteiger partial charge in [-0.1, -0.05) is 12.1 Å². The molecule has 30 heavy (non-hydrogen) atoms. The highest BCUT2D eigenvalue weighted by molar-refractivity contribution is 6.04. The van der Waals surface area contributed by atoms with Gasteiger partial charge in [-0.2, -0.15) is 26.3 Å². The monoisotopic (exact) mass is 430 g/mol. The molecule has 2 amide bonds. The fourth-order valence-electron chi connectivity index (χ4n) is 2.69. The highest BCUT2D eigenvalue weighted by Gasteiger charge is 2.37. The highest BCUT2D eigenvalue weighted by atomic mass is 19.4. The van der Waals surface area contributed by atoms with Crippen LogP contribution in [-0.2, 0) is 23.6 Å². The summed E-state index contributed by atoms with van der Waals surface area (Å²) in [5.74, 6) is -1.27. The lowest BCUT2D eigenvalue weighted by Crippen LogP contribution is -2.26. The van der Waals surface area contributed by atoms with Gasteiger partial charge < -0.3 is 10.6 Å². The first-order valence-electron chi connectivity index (χ1n) is 8.91. The van der Waals surface area contributed by atoms with E-state index in [4.69, 9.17) is 0 Å². The maximum Gasteiger partial charge on any atom is 0.416 e. The van der Waals surface area contributed by atoms with Crippen molar-refractivity contribution in [3.8, 4) is 0 Å². The van der Waals surface area contributed by atoms with Gasteiger partial charge in [0.15, 0.2) is 0 Å². The van der Waals surface area contributed by atoms with Crippen molar-refractivity contribution < 1.29 is 35.9 Å². The van der Waals surface area contributed by atoms with Crippen molar-refractivity contribution in [1.82, 2.24) is 5.32 Å². The van der Waals surface area contributed by atoms with Crippen LogP contribution in [0, 0.1) is 0 Å². The predicted octanol–water partition coefficient (Wildman–Crippen LogP) is 4.80. The second kappa shape index (κ2) is 8.00. The topological polar surface area (TPSA) is 58.2 Å². The third kappa shape index (κ3) is 5.74. The van der Waals surface area contributed by atoms with Crippen LogP contribution in [-0.4, -0.2) is 17.9 Å². The Morgan fingerprint density at radius 2 is 1.40 bits per heavy atom. The van der Waals surface area contributed by atoms with Crippen molar-refractivity contribution in [2.45, 2.75) is 37.7 Å². The maximum atomic E-state index is 12.9. The van der Waals surface area contributed by atoms with Crippen LogP contribution in [0.2, 0.25) is 0 Å². The Balaban J connectivity index is 1.74. The predicted molar refractivity (Wildman–Crippen MR) is 95.7 cm³/mol. The number of halogens is 6. The summed E-state index contributed by atoms with van der Waals surface area (Å²) >= 11 is 0. The first-order chi connectivity index (χ1) is 13.9. The van der Waals surface area contributed by atoms with Crippen LogP contribution < -0.4 is 10.6 Å². The Bertz CT molecular complexity index is 915. The molecule has 0 unspecified atom stereocenters. The molecule has 2 aromatic rings. The Morgan fingerprint density at radius 1 is 0.867 bits per heavy atom. The molecule has 1 saturated carbocycles. The molecule has 160 valence electrons. The third-order valence-electron chi connectivity index (χ3n) is 4.37. The Hall–Kier alpha value is -3.04. The van der Waals surface area contributed by atoms with E-state index in [-0.39, 0.29) is 30.1 Å². The first kappa shape index (κ1) is 21.7. The number of hydrogen-bond acceptors (Lipinski definition) is 2. The number of amides is 2.